The number of benzene rings is 3. The van der Waals surface area contributed by atoms with E-state index in [2.05, 4.69) is 64.3 Å². The van der Waals surface area contributed by atoms with Gasteiger partial charge in [0.1, 0.15) is 27.9 Å². The second-order valence-electron chi connectivity index (χ2n) is 15.3. The highest BCUT2D eigenvalue weighted by Gasteiger charge is 2.41. The Morgan fingerprint density at radius 3 is 2.39 bits per heavy atom. The van der Waals surface area contributed by atoms with Gasteiger partial charge in [0.2, 0.25) is 0 Å². The summed E-state index contributed by atoms with van der Waals surface area (Å²) < 4.78 is 9.32. The summed E-state index contributed by atoms with van der Waals surface area (Å²) in [5.74, 6) is -1.17. The number of nitrogens with one attached hydrogen (secondary N) is 1. The van der Waals surface area contributed by atoms with E-state index in [0.29, 0.717) is 46.2 Å². The minimum Gasteiger partial charge on any atom is -0.544 e. The summed E-state index contributed by atoms with van der Waals surface area (Å²) in [6.45, 7) is 6.92. The van der Waals surface area contributed by atoms with Gasteiger partial charge in [0.25, 0.3) is 11.8 Å². The molecule has 0 bridgehead atoms. The van der Waals surface area contributed by atoms with Gasteiger partial charge >= 0.3 is 0 Å². The third-order valence-corrected chi connectivity index (χ3v) is 15.9. The summed E-state index contributed by atoms with van der Waals surface area (Å²) in [5.41, 5.74) is 8.44. The molecule has 1 N–H and O–H groups in total. The molecule has 2 aliphatic rings. The molecule has 292 valence electrons. The van der Waals surface area contributed by atoms with Crippen molar-refractivity contribution >= 4 is 81.9 Å². The number of fused-ring (bicyclic) bond motifs is 3. The van der Waals surface area contributed by atoms with Gasteiger partial charge in [-0.3, -0.25) is 14.2 Å². The number of aromatic carboxylic acids is 1. The number of amides is 1. The van der Waals surface area contributed by atoms with Gasteiger partial charge in [-0.2, -0.15) is 0 Å². The lowest BCUT2D eigenvalue weighted by atomic mass is 9.89. The normalized spacial score (nSPS) is 14.3. The summed E-state index contributed by atoms with van der Waals surface area (Å²) in [4.78, 5) is 42.8. The zero-order chi connectivity index (χ0) is 40.9. The van der Waals surface area contributed by atoms with Crippen LogP contribution >= 0.6 is 22.9 Å². The van der Waals surface area contributed by atoms with Crippen LogP contribution in [0.15, 0.2) is 95.7 Å². The van der Waals surface area contributed by atoms with Crippen LogP contribution in [0.2, 0.25) is 18.1 Å². The number of carbonyl (C=O) groups excluding carboxylic acids is 3. The van der Waals surface area contributed by atoms with Gasteiger partial charge in [0, 0.05) is 65.7 Å². The number of nitrogens with zero attached hydrogens (tertiary/aromatic N) is 3. The highest BCUT2D eigenvalue weighted by atomic mass is 35.5. The van der Waals surface area contributed by atoms with Gasteiger partial charge in [0.05, 0.1) is 28.4 Å². The number of carboxylic acids is 1. The van der Waals surface area contributed by atoms with Crippen molar-refractivity contribution in [3.8, 4) is 5.75 Å². The topological polar surface area (TPSA) is 107 Å². The maximum Gasteiger partial charge on any atom is 0.262 e. The molecule has 0 spiro atoms. The number of hydrogen-bond acceptors (Lipinski definition) is 7. The van der Waals surface area contributed by atoms with Gasteiger partial charge < -0.3 is 24.9 Å². The molecule has 2 aromatic heterocycles. The lowest BCUT2D eigenvalue weighted by Gasteiger charge is -2.38. The Labute approximate surface area is 342 Å². The molecule has 1 amide bonds. The fraction of sp³-hybridized carbons (Fsp3) is 0.244. The molecule has 0 atom stereocenters. The van der Waals surface area contributed by atoms with Gasteiger partial charge in [-0.05, 0) is 119 Å². The summed E-state index contributed by atoms with van der Waals surface area (Å²) in [5, 5.41) is 19.7. The number of allylic oxidation sites excluding steroid dienone is 5. The zero-order valence-electron chi connectivity index (χ0n) is 33.4. The smallest absolute Gasteiger partial charge is 0.262 e. The predicted octanol–water partition coefficient (Wildman–Crippen LogP) is 6.63. The number of anilines is 1. The first-order valence-electron chi connectivity index (χ1n) is 18.8. The van der Waals surface area contributed by atoms with E-state index in [1.807, 2.05) is 53.3 Å². The lowest BCUT2D eigenvalue weighted by Crippen LogP contribution is -2.49. The van der Waals surface area contributed by atoms with Crippen molar-refractivity contribution in [3.63, 3.8) is 0 Å². The number of ether oxygens (including phenoxy) is 1. The summed E-state index contributed by atoms with van der Waals surface area (Å²) in [7, 11) is 7.40. The van der Waals surface area contributed by atoms with Crippen LogP contribution in [0.1, 0.15) is 58.5 Å². The number of thiophene rings is 1. The van der Waals surface area contributed by atoms with Crippen molar-refractivity contribution in [2.75, 3.05) is 46.7 Å². The van der Waals surface area contributed by atoms with Crippen molar-refractivity contribution in [3.05, 3.63) is 138 Å². The number of carbonyl (C=O) groups is 3. The monoisotopic (exact) mass is 816 g/mol. The first-order valence-corrected chi connectivity index (χ1v) is 22.9. The van der Waals surface area contributed by atoms with Crippen molar-refractivity contribution in [2.45, 2.75) is 32.9 Å². The molecule has 9 nitrogen and oxygen atoms in total. The summed E-state index contributed by atoms with van der Waals surface area (Å²) in [6, 6.07) is 20.6. The van der Waals surface area contributed by atoms with Gasteiger partial charge in [-0.25, -0.2) is 4.58 Å². The molecule has 0 unspecified atom stereocenters. The van der Waals surface area contributed by atoms with E-state index >= 15 is 0 Å². The van der Waals surface area contributed by atoms with Gasteiger partial charge in [-0.1, -0.05) is 30.8 Å². The molecule has 0 saturated heterocycles. The second kappa shape index (κ2) is 15.5. The minimum atomic E-state index is -2.27. The predicted molar refractivity (Wildman–Crippen MR) is 232 cm³/mol. The van der Waals surface area contributed by atoms with E-state index in [-0.39, 0.29) is 16.7 Å². The lowest BCUT2D eigenvalue weighted by molar-refractivity contribution is -0.462. The molecule has 0 radical (unpaired) electrons. The van der Waals surface area contributed by atoms with E-state index in [4.69, 9.17) is 16.3 Å². The molecule has 12 heteroatoms. The molecule has 3 aromatic carbocycles. The summed E-state index contributed by atoms with van der Waals surface area (Å²) in [6.07, 6.45) is 7.53. The highest BCUT2D eigenvalue weighted by Crippen LogP contribution is 2.44. The molecule has 7 rings (SSSR count). The van der Waals surface area contributed by atoms with E-state index in [0.717, 1.165) is 61.6 Å². The molecule has 3 heterocycles. The number of rotatable bonds is 10. The molecule has 57 heavy (non-hydrogen) atoms. The van der Waals surface area contributed by atoms with E-state index < -0.39 is 14.0 Å². The molecular weight excluding hydrogens is 772 g/mol. The number of carboxylic acid groups (broad SMARTS) is 1. The standard InChI is InChI=1S/C45H45ClN4O5SSi/c1-26-32(35-24-31(55-6)17-20-37(35)50(26)44(52)27-11-13-28(46)14-12-27)10-9-21-47-43(51)38-25-36(42(56-38)45(53)54)41-33-18-15-29(48(2)3)22-39(33)57(7,8)40-23-30(49(4)5)16-19-34(40)41/h11-20,22-25H,9-10,21H2,1-8H3,(H-,47,51,53,54). The van der Waals surface area contributed by atoms with Crippen LogP contribution < -0.4 is 25.2 Å². The van der Waals surface area contributed by atoms with E-state index in [1.54, 1.807) is 42.0 Å². The Bertz CT molecular complexity index is 2620. The Balaban J connectivity index is 1.19. The minimum absolute atomic E-state index is 0.0181. The largest absolute Gasteiger partial charge is 0.544 e. The fourth-order valence-electron chi connectivity index (χ4n) is 7.95. The Morgan fingerprint density at radius 2 is 1.72 bits per heavy atom. The van der Waals surface area contributed by atoms with Crippen LogP contribution in [0.25, 0.3) is 16.5 Å². The zero-order valence-corrected chi connectivity index (χ0v) is 35.9. The quantitative estimate of drug-likeness (QED) is 0.0964. The number of methoxy groups -OCH3 is 1. The number of aromatic nitrogens is 1. The van der Waals surface area contributed by atoms with Crippen molar-refractivity contribution in [1.82, 2.24) is 9.88 Å². The van der Waals surface area contributed by atoms with Crippen LogP contribution in [0, 0.1) is 6.92 Å². The summed E-state index contributed by atoms with van der Waals surface area (Å²) >= 11 is 7.04. The number of aryl methyl sites for hydroxylation is 1. The van der Waals surface area contributed by atoms with Crippen LogP contribution in [0.5, 0.6) is 5.75 Å². The second-order valence-corrected chi connectivity index (χ2v) is 21.2. The average molecular weight is 817 g/mol. The first kappa shape index (κ1) is 39.7. The van der Waals surface area contributed by atoms with E-state index in [1.165, 1.54) is 10.4 Å². The SMILES string of the molecule is COc1ccc2c(c1)c(CCCNC(=O)c1cc(C3=C4C=CC(=[N+](C)C)C=C4[Si](C)(C)c4cc(N(C)C)ccc43)c(C(=O)[O-])s1)c(C)n2C(=O)c1ccc(Cl)cc1. The molecule has 5 aromatic rings. The van der Waals surface area contributed by atoms with Crippen LogP contribution in [0.4, 0.5) is 5.69 Å². The number of halogens is 1. The average Bonchev–Trinajstić information content (AvgIpc) is 3.75. The van der Waals surface area contributed by atoms with Crippen LogP contribution in [-0.4, -0.2) is 82.6 Å². The Hall–Kier alpha value is -5.49. The Kier molecular flexibility index (Phi) is 10.8. The maximum absolute atomic E-state index is 13.8. The number of hydrogen-bond donors (Lipinski definition) is 1. The third-order valence-electron chi connectivity index (χ3n) is 11.1. The molecule has 1 aliphatic heterocycles. The molecule has 0 fully saturated rings. The van der Waals surface area contributed by atoms with Crippen molar-refractivity contribution < 1.29 is 28.8 Å². The van der Waals surface area contributed by atoms with Crippen LogP contribution in [-0.2, 0) is 6.42 Å². The van der Waals surface area contributed by atoms with E-state index in [9.17, 15) is 19.5 Å². The highest BCUT2D eigenvalue weighted by molar-refractivity contribution is 7.16. The molecule has 0 saturated carbocycles. The third kappa shape index (κ3) is 7.20. The fourth-order valence-corrected chi connectivity index (χ4v) is 12.1. The molecular formula is C45H45ClN4O5SSi. The first-order chi connectivity index (χ1) is 27.1. The van der Waals surface area contributed by atoms with Crippen molar-refractivity contribution in [1.29, 1.82) is 0 Å². The Morgan fingerprint density at radius 1 is 0.982 bits per heavy atom. The maximum atomic E-state index is 13.8. The van der Waals surface area contributed by atoms with Gasteiger partial charge in [0.15, 0.2) is 5.71 Å². The van der Waals surface area contributed by atoms with Gasteiger partial charge in [-0.15, -0.1) is 11.3 Å². The molecule has 1 aliphatic carbocycles. The van der Waals surface area contributed by atoms with Crippen LogP contribution in [0.3, 0.4) is 0 Å². The van der Waals surface area contributed by atoms with Crippen molar-refractivity contribution in [2.24, 2.45) is 0 Å².